The van der Waals surface area contributed by atoms with E-state index in [9.17, 15) is 22.8 Å². The molecule has 2 fully saturated rings. The number of benzene rings is 1. The molecule has 2 aliphatic rings. The van der Waals surface area contributed by atoms with E-state index in [-0.39, 0.29) is 11.7 Å². The Bertz CT molecular complexity index is 1030. The molecule has 0 spiro atoms. The van der Waals surface area contributed by atoms with Gasteiger partial charge in [0.05, 0.1) is 5.56 Å². The number of carboxylic acid groups (broad SMARTS) is 1. The van der Waals surface area contributed by atoms with E-state index in [1.54, 1.807) is 11.0 Å². The van der Waals surface area contributed by atoms with E-state index in [4.69, 9.17) is 5.11 Å². The molecular weight excluding hydrogens is 439 g/mol. The maximum Gasteiger partial charge on any atom is 0.416 e. The van der Waals surface area contributed by atoms with Crippen LogP contribution in [0.2, 0.25) is 0 Å². The van der Waals surface area contributed by atoms with Gasteiger partial charge in [-0.25, -0.2) is 9.59 Å². The topological polar surface area (TPSA) is 81.9 Å². The van der Waals surface area contributed by atoms with Crippen LogP contribution in [-0.2, 0) is 12.7 Å². The van der Waals surface area contributed by atoms with Crippen LogP contribution < -0.4 is 4.90 Å². The van der Waals surface area contributed by atoms with Crippen molar-refractivity contribution < 1.29 is 27.9 Å². The van der Waals surface area contributed by atoms with Crippen LogP contribution in [0.4, 0.5) is 23.7 Å². The van der Waals surface area contributed by atoms with Gasteiger partial charge in [0, 0.05) is 57.2 Å². The molecule has 0 saturated carbocycles. The molecule has 0 bridgehead atoms. The number of nitrogens with zero attached hydrogens (tertiary/aromatic N) is 5. The van der Waals surface area contributed by atoms with E-state index in [0.717, 1.165) is 42.2 Å². The summed E-state index contributed by atoms with van der Waals surface area (Å²) in [5.74, 6) is -1.20. The van der Waals surface area contributed by atoms with Crippen LogP contribution in [0.15, 0.2) is 30.5 Å². The second kappa shape index (κ2) is 9.05. The summed E-state index contributed by atoms with van der Waals surface area (Å²) in [5, 5.41) is 12.8. The van der Waals surface area contributed by atoms with Gasteiger partial charge in [0.25, 0.3) is 0 Å². The number of halogens is 3. The van der Waals surface area contributed by atoms with Gasteiger partial charge in [-0.05, 0) is 43.5 Å². The summed E-state index contributed by atoms with van der Waals surface area (Å²) in [6.07, 6.45) is -1.13. The number of piperazine rings is 1. The van der Waals surface area contributed by atoms with Crippen molar-refractivity contribution in [3.8, 4) is 0 Å². The van der Waals surface area contributed by atoms with Crippen molar-refractivity contribution in [3.05, 3.63) is 47.3 Å². The summed E-state index contributed by atoms with van der Waals surface area (Å²) in [6, 6.07) is 4.65. The van der Waals surface area contributed by atoms with Gasteiger partial charge >= 0.3 is 18.2 Å². The lowest BCUT2D eigenvalue weighted by atomic mass is 10.1. The minimum Gasteiger partial charge on any atom is -0.476 e. The molecule has 33 heavy (non-hydrogen) atoms. The number of rotatable bonds is 4. The number of alkyl halides is 3. The second-order valence-electron chi connectivity index (χ2n) is 8.55. The highest BCUT2D eigenvalue weighted by atomic mass is 19.4. The molecule has 2 aliphatic heterocycles. The first-order chi connectivity index (χ1) is 15.6. The normalized spacial score (nSPS) is 19.8. The number of hydrogen-bond acceptors (Lipinski definition) is 5. The zero-order chi connectivity index (χ0) is 23.8. The lowest BCUT2D eigenvalue weighted by Crippen LogP contribution is -2.54. The van der Waals surface area contributed by atoms with Crippen LogP contribution in [0.5, 0.6) is 0 Å². The highest BCUT2D eigenvalue weighted by Crippen LogP contribution is 2.35. The standard InChI is InChI=1S/C22H26F3N5O3/c1-15-13-27(10-11-29(15)21(33)30-9-6-18(26-30)20(31)32)14-16-4-5-17(22(23,24)25)12-19(16)28-7-2-3-8-28/h4-6,9,12,15H,2-3,7-8,10-11,13-14H2,1H3,(H,31,32)/t15-/m0/s1. The largest absolute Gasteiger partial charge is 0.476 e. The highest BCUT2D eigenvalue weighted by molar-refractivity contribution is 5.86. The van der Waals surface area contributed by atoms with Gasteiger partial charge in [0.15, 0.2) is 5.69 Å². The van der Waals surface area contributed by atoms with Gasteiger partial charge in [-0.1, -0.05) is 6.07 Å². The lowest BCUT2D eigenvalue weighted by molar-refractivity contribution is -0.137. The summed E-state index contributed by atoms with van der Waals surface area (Å²) in [7, 11) is 0. The Kier molecular flexibility index (Phi) is 6.33. The Balaban J connectivity index is 1.46. The SMILES string of the molecule is C[C@H]1CN(Cc2ccc(C(F)(F)F)cc2N2CCCC2)CCN1C(=O)n1ccc(C(=O)O)n1. The molecule has 0 aliphatic carbocycles. The molecular formula is C22H26F3N5O3. The highest BCUT2D eigenvalue weighted by Gasteiger charge is 2.33. The predicted octanol–water partition coefficient (Wildman–Crippen LogP) is 3.37. The Hall–Kier alpha value is -3.08. The molecule has 0 radical (unpaired) electrons. The zero-order valence-electron chi connectivity index (χ0n) is 18.3. The molecule has 1 N–H and O–H groups in total. The van der Waals surface area contributed by atoms with E-state index >= 15 is 0 Å². The fourth-order valence-corrected chi connectivity index (χ4v) is 4.50. The van der Waals surface area contributed by atoms with Crippen LogP contribution in [0.25, 0.3) is 0 Å². The number of aromatic carboxylic acids is 1. The lowest BCUT2D eigenvalue weighted by Gasteiger charge is -2.40. The monoisotopic (exact) mass is 465 g/mol. The number of carbonyl (C=O) groups excluding carboxylic acids is 1. The summed E-state index contributed by atoms with van der Waals surface area (Å²) in [5.41, 5.74) is 0.629. The van der Waals surface area contributed by atoms with Gasteiger partial charge < -0.3 is 14.9 Å². The summed E-state index contributed by atoms with van der Waals surface area (Å²) < 4.78 is 40.9. The average molecular weight is 465 g/mol. The van der Waals surface area contributed by atoms with Gasteiger partial charge in [0.1, 0.15) is 0 Å². The van der Waals surface area contributed by atoms with Crippen molar-refractivity contribution in [2.45, 2.75) is 38.5 Å². The van der Waals surface area contributed by atoms with Gasteiger partial charge in [-0.15, -0.1) is 0 Å². The fraction of sp³-hybridized carbons (Fsp3) is 0.500. The minimum absolute atomic E-state index is 0.173. The Morgan fingerprint density at radius 2 is 1.85 bits per heavy atom. The van der Waals surface area contributed by atoms with Crippen LogP contribution in [0.3, 0.4) is 0 Å². The van der Waals surface area contributed by atoms with Gasteiger partial charge in [-0.3, -0.25) is 4.90 Å². The summed E-state index contributed by atoms with van der Waals surface area (Å²) >= 11 is 0. The van der Waals surface area contributed by atoms with E-state index in [1.165, 1.54) is 18.3 Å². The van der Waals surface area contributed by atoms with E-state index in [2.05, 4.69) is 10.00 Å². The number of carbonyl (C=O) groups is 2. The Labute approximate surface area is 189 Å². The van der Waals surface area contributed by atoms with Gasteiger partial charge in [-0.2, -0.15) is 23.0 Å². The first-order valence-corrected chi connectivity index (χ1v) is 10.9. The van der Waals surface area contributed by atoms with Crippen molar-refractivity contribution >= 4 is 17.7 Å². The van der Waals surface area contributed by atoms with Crippen molar-refractivity contribution in [3.63, 3.8) is 0 Å². The van der Waals surface area contributed by atoms with E-state index in [1.807, 2.05) is 11.8 Å². The molecule has 0 unspecified atom stereocenters. The second-order valence-corrected chi connectivity index (χ2v) is 8.55. The third-order valence-electron chi connectivity index (χ3n) is 6.21. The number of aromatic nitrogens is 2. The zero-order valence-corrected chi connectivity index (χ0v) is 18.3. The van der Waals surface area contributed by atoms with Crippen LogP contribution in [-0.4, -0.2) is 75.5 Å². The van der Waals surface area contributed by atoms with Crippen LogP contribution in [0.1, 0.15) is 41.4 Å². The molecule has 1 atom stereocenters. The van der Waals surface area contributed by atoms with Crippen molar-refractivity contribution in [1.29, 1.82) is 0 Å². The molecule has 2 aromatic rings. The van der Waals surface area contributed by atoms with Gasteiger partial charge in [0.2, 0.25) is 0 Å². The molecule has 4 rings (SSSR count). The summed E-state index contributed by atoms with van der Waals surface area (Å²) in [6.45, 7) is 5.36. The molecule has 8 nitrogen and oxygen atoms in total. The average Bonchev–Trinajstić information content (AvgIpc) is 3.45. The molecule has 1 aromatic heterocycles. The molecule has 1 aromatic carbocycles. The quantitative estimate of drug-likeness (QED) is 0.746. The fourth-order valence-electron chi connectivity index (χ4n) is 4.50. The van der Waals surface area contributed by atoms with E-state index < -0.39 is 23.7 Å². The number of hydrogen-bond donors (Lipinski definition) is 1. The Morgan fingerprint density at radius 1 is 1.12 bits per heavy atom. The molecule has 3 heterocycles. The van der Waals surface area contributed by atoms with Crippen molar-refractivity contribution in [2.75, 3.05) is 37.6 Å². The summed E-state index contributed by atoms with van der Waals surface area (Å²) in [4.78, 5) is 29.6. The molecule has 1 amide bonds. The number of carboxylic acids is 1. The number of anilines is 1. The van der Waals surface area contributed by atoms with Crippen molar-refractivity contribution in [2.24, 2.45) is 0 Å². The van der Waals surface area contributed by atoms with Crippen molar-refractivity contribution in [1.82, 2.24) is 19.6 Å². The molecule has 11 heteroatoms. The van der Waals surface area contributed by atoms with Crippen LogP contribution >= 0.6 is 0 Å². The predicted molar refractivity (Wildman–Crippen MR) is 114 cm³/mol. The molecule has 2 saturated heterocycles. The maximum absolute atomic E-state index is 13.3. The third kappa shape index (κ3) is 4.97. The first kappa shape index (κ1) is 23.1. The van der Waals surface area contributed by atoms with Crippen LogP contribution in [0, 0.1) is 0 Å². The third-order valence-corrected chi connectivity index (χ3v) is 6.21. The Morgan fingerprint density at radius 3 is 2.45 bits per heavy atom. The van der Waals surface area contributed by atoms with E-state index in [0.29, 0.717) is 31.9 Å². The minimum atomic E-state index is -4.39. The number of amides is 1. The maximum atomic E-state index is 13.3. The first-order valence-electron chi connectivity index (χ1n) is 10.9. The smallest absolute Gasteiger partial charge is 0.416 e. The molecule has 178 valence electrons.